The highest BCUT2D eigenvalue weighted by Crippen LogP contribution is 2.27. The molecule has 0 spiro atoms. The number of hydrogen-bond donors (Lipinski definition) is 1. The fourth-order valence-electron chi connectivity index (χ4n) is 1.50. The molecule has 0 aliphatic heterocycles. The first-order chi connectivity index (χ1) is 8.53. The fourth-order valence-corrected chi connectivity index (χ4v) is 2.77. The molecule has 2 rings (SSSR count). The molecule has 0 unspecified atom stereocenters. The lowest BCUT2D eigenvalue weighted by atomic mass is 10.3. The van der Waals surface area contributed by atoms with Crippen LogP contribution >= 0.6 is 0 Å². The summed E-state index contributed by atoms with van der Waals surface area (Å²) in [6, 6.07) is 9.10. The molecule has 0 saturated carbocycles. The Balaban J connectivity index is 2.48. The summed E-state index contributed by atoms with van der Waals surface area (Å²) in [5.74, 6) is -0.270. The van der Waals surface area contributed by atoms with E-state index in [2.05, 4.69) is 4.98 Å². The third kappa shape index (κ3) is 2.14. The highest BCUT2D eigenvalue weighted by atomic mass is 32.2. The smallest absolute Gasteiger partial charge is 0.267 e. The van der Waals surface area contributed by atoms with Crippen LogP contribution in [0.1, 0.15) is 0 Å². The Hall–Kier alpha value is -2.08. The van der Waals surface area contributed by atoms with Crippen LogP contribution in [0.3, 0.4) is 0 Å². The largest absolute Gasteiger partial charge is 0.507 e. The number of para-hydroxylation sites is 1. The molecule has 1 aromatic carbocycles. The number of hydrogen-bond acceptors (Lipinski definition) is 4. The molecule has 1 N–H and O–H groups in total. The Morgan fingerprint density at radius 1 is 1.17 bits per heavy atom. The number of anilines is 1. The molecule has 18 heavy (non-hydrogen) atoms. The molecule has 1 aromatic heterocycles. The van der Waals surface area contributed by atoms with Crippen molar-refractivity contribution in [2.75, 3.05) is 11.4 Å². The number of benzene rings is 1. The highest BCUT2D eigenvalue weighted by molar-refractivity contribution is 7.92. The summed E-state index contributed by atoms with van der Waals surface area (Å²) in [5, 5.41) is 9.62. The van der Waals surface area contributed by atoms with Crippen LogP contribution in [0.25, 0.3) is 0 Å². The first-order valence-corrected chi connectivity index (χ1v) is 6.64. The van der Waals surface area contributed by atoms with Gasteiger partial charge in [-0.1, -0.05) is 12.1 Å². The second-order valence-corrected chi connectivity index (χ2v) is 5.59. The molecule has 0 aliphatic rings. The minimum atomic E-state index is -3.78. The summed E-state index contributed by atoms with van der Waals surface area (Å²) in [4.78, 5) is 3.74. The van der Waals surface area contributed by atoms with Crippen molar-refractivity contribution in [2.45, 2.75) is 4.90 Å². The fraction of sp³-hybridized carbons (Fsp3) is 0.0833. The van der Waals surface area contributed by atoms with E-state index in [0.717, 1.165) is 4.31 Å². The van der Waals surface area contributed by atoms with E-state index in [9.17, 15) is 13.5 Å². The summed E-state index contributed by atoms with van der Waals surface area (Å²) in [6.45, 7) is 0. The van der Waals surface area contributed by atoms with Gasteiger partial charge in [-0.2, -0.15) is 0 Å². The molecule has 0 saturated heterocycles. The van der Waals surface area contributed by atoms with Gasteiger partial charge in [0.05, 0.1) is 11.9 Å². The summed E-state index contributed by atoms with van der Waals surface area (Å²) in [5.41, 5.74) is 0.431. The minimum Gasteiger partial charge on any atom is -0.507 e. The maximum Gasteiger partial charge on any atom is 0.267 e. The average Bonchev–Trinajstić information content (AvgIpc) is 2.39. The zero-order valence-electron chi connectivity index (χ0n) is 9.69. The van der Waals surface area contributed by atoms with E-state index in [1.54, 1.807) is 30.5 Å². The van der Waals surface area contributed by atoms with Gasteiger partial charge in [-0.25, -0.2) is 8.42 Å². The maximum atomic E-state index is 12.3. The SMILES string of the molecule is CN(c1cccnc1)S(=O)(=O)c1ccccc1O. The second-order valence-electron chi connectivity index (χ2n) is 3.65. The Morgan fingerprint density at radius 3 is 2.50 bits per heavy atom. The van der Waals surface area contributed by atoms with Gasteiger partial charge >= 0.3 is 0 Å². The van der Waals surface area contributed by atoms with Crippen molar-refractivity contribution in [1.82, 2.24) is 4.98 Å². The van der Waals surface area contributed by atoms with Crippen molar-refractivity contribution in [3.8, 4) is 5.75 Å². The third-order valence-electron chi connectivity index (χ3n) is 2.51. The second kappa shape index (κ2) is 4.66. The highest BCUT2D eigenvalue weighted by Gasteiger charge is 2.24. The average molecular weight is 264 g/mol. The lowest BCUT2D eigenvalue weighted by Crippen LogP contribution is -2.26. The first kappa shape index (κ1) is 12.4. The minimum absolute atomic E-state index is 0.128. The molecule has 0 amide bonds. The van der Waals surface area contributed by atoms with Gasteiger partial charge in [0.1, 0.15) is 10.6 Å². The monoisotopic (exact) mass is 264 g/mol. The molecule has 0 aliphatic carbocycles. The van der Waals surface area contributed by atoms with E-state index < -0.39 is 10.0 Å². The van der Waals surface area contributed by atoms with Gasteiger partial charge < -0.3 is 5.11 Å². The van der Waals surface area contributed by atoms with Crippen LogP contribution < -0.4 is 4.31 Å². The van der Waals surface area contributed by atoms with Crippen LogP contribution in [-0.4, -0.2) is 25.6 Å². The molecular formula is C12H12N2O3S. The number of sulfonamides is 1. The number of aromatic nitrogens is 1. The molecular weight excluding hydrogens is 252 g/mol. The maximum absolute atomic E-state index is 12.3. The van der Waals surface area contributed by atoms with Crippen LogP contribution in [0.2, 0.25) is 0 Å². The molecule has 2 aromatic rings. The standard InChI is InChI=1S/C12H12N2O3S/c1-14(10-5-4-8-13-9-10)18(16,17)12-7-3-2-6-11(12)15/h2-9,15H,1H3. The van der Waals surface area contributed by atoms with E-state index in [1.807, 2.05) is 0 Å². The van der Waals surface area contributed by atoms with Gasteiger partial charge in [-0.15, -0.1) is 0 Å². The number of phenolic OH excluding ortho intramolecular Hbond substituents is 1. The topological polar surface area (TPSA) is 70.5 Å². The van der Waals surface area contributed by atoms with Crippen LogP contribution in [0.4, 0.5) is 5.69 Å². The lowest BCUT2D eigenvalue weighted by Gasteiger charge is -2.19. The van der Waals surface area contributed by atoms with Gasteiger partial charge in [0.2, 0.25) is 0 Å². The van der Waals surface area contributed by atoms with Crippen molar-refractivity contribution < 1.29 is 13.5 Å². The number of nitrogens with zero attached hydrogens (tertiary/aromatic N) is 2. The molecule has 0 radical (unpaired) electrons. The Kier molecular flexibility index (Phi) is 3.20. The van der Waals surface area contributed by atoms with Crippen molar-refractivity contribution in [3.63, 3.8) is 0 Å². The van der Waals surface area contributed by atoms with E-state index in [0.29, 0.717) is 5.69 Å². The number of aromatic hydroxyl groups is 1. The van der Waals surface area contributed by atoms with Crippen LogP contribution in [0.5, 0.6) is 5.75 Å². The third-order valence-corrected chi connectivity index (χ3v) is 4.35. The van der Waals surface area contributed by atoms with Crippen molar-refractivity contribution in [3.05, 3.63) is 48.8 Å². The summed E-state index contributed by atoms with van der Waals surface area (Å²) in [7, 11) is -2.36. The molecule has 0 bridgehead atoms. The predicted molar refractivity (Wildman–Crippen MR) is 67.9 cm³/mol. The van der Waals surface area contributed by atoms with Gasteiger partial charge in [-0.3, -0.25) is 9.29 Å². The van der Waals surface area contributed by atoms with E-state index >= 15 is 0 Å². The number of phenols is 1. The number of pyridine rings is 1. The van der Waals surface area contributed by atoms with E-state index in [4.69, 9.17) is 0 Å². The van der Waals surface area contributed by atoms with Crippen LogP contribution in [0, 0.1) is 0 Å². The van der Waals surface area contributed by atoms with Crippen LogP contribution in [0.15, 0.2) is 53.7 Å². The van der Waals surface area contributed by atoms with Gasteiger partial charge in [-0.05, 0) is 24.3 Å². The van der Waals surface area contributed by atoms with Crippen LogP contribution in [-0.2, 0) is 10.0 Å². The molecule has 0 atom stereocenters. The molecule has 6 heteroatoms. The summed E-state index contributed by atoms with van der Waals surface area (Å²) >= 11 is 0. The van der Waals surface area contributed by atoms with Gasteiger partial charge in [0.25, 0.3) is 10.0 Å². The zero-order valence-corrected chi connectivity index (χ0v) is 10.5. The Bertz CT molecular complexity index is 641. The Morgan fingerprint density at radius 2 is 1.89 bits per heavy atom. The van der Waals surface area contributed by atoms with Crippen molar-refractivity contribution >= 4 is 15.7 Å². The zero-order chi connectivity index (χ0) is 13.2. The molecule has 0 fully saturated rings. The van der Waals surface area contributed by atoms with Crippen molar-refractivity contribution in [1.29, 1.82) is 0 Å². The van der Waals surface area contributed by atoms with Gasteiger partial charge in [0, 0.05) is 13.2 Å². The summed E-state index contributed by atoms with van der Waals surface area (Å²) < 4.78 is 25.7. The van der Waals surface area contributed by atoms with E-state index in [-0.39, 0.29) is 10.6 Å². The van der Waals surface area contributed by atoms with E-state index in [1.165, 1.54) is 25.4 Å². The van der Waals surface area contributed by atoms with Crippen molar-refractivity contribution in [2.24, 2.45) is 0 Å². The first-order valence-electron chi connectivity index (χ1n) is 5.20. The number of rotatable bonds is 3. The molecule has 1 heterocycles. The molecule has 94 valence electrons. The Labute approximate surface area is 105 Å². The molecule has 5 nitrogen and oxygen atoms in total. The quantitative estimate of drug-likeness (QED) is 0.914. The normalized spacial score (nSPS) is 11.2. The summed E-state index contributed by atoms with van der Waals surface area (Å²) in [6.07, 6.45) is 3.00. The lowest BCUT2D eigenvalue weighted by molar-refractivity contribution is 0.458. The predicted octanol–water partition coefficient (Wildman–Crippen LogP) is 1.61. The van der Waals surface area contributed by atoms with Gasteiger partial charge in [0.15, 0.2) is 0 Å².